The van der Waals surface area contributed by atoms with Crippen molar-refractivity contribution >= 4 is 18.3 Å². The van der Waals surface area contributed by atoms with Crippen LogP contribution in [-0.4, -0.2) is 18.3 Å². The number of ether oxygens (including phenoxy) is 1. The van der Waals surface area contributed by atoms with E-state index >= 15 is 0 Å². The first-order valence-electron chi connectivity index (χ1n) is 5.16. The van der Waals surface area contributed by atoms with E-state index in [-0.39, 0.29) is 30.3 Å². The molecule has 0 aliphatic rings. The Balaban J connectivity index is 0.00000324. The molecule has 0 aliphatic carbocycles. The normalized spacial score (nSPS) is 12.3. The van der Waals surface area contributed by atoms with Crippen LogP contribution in [0.5, 0.6) is 5.75 Å². The van der Waals surface area contributed by atoms with Crippen LogP contribution in [0, 0.1) is 0 Å². The van der Waals surface area contributed by atoms with Crippen LogP contribution in [0.1, 0.15) is 12.5 Å². The zero-order valence-electron chi connectivity index (χ0n) is 10.0. The predicted molar refractivity (Wildman–Crippen MR) is 65.9 cm³/mol. The summed E-state index contributed by atoms with van der Waals surface area (Å²) in [5, 5.41) is 2.41. The van der Waals surface area contributed by atoms with Gasteiger partial charge in [-0.05, 0) is 13.0 Å². The molecule has 0 bridgehead atoms. The molecule has 1 unspecified atom stereocenters. The third kappa shape index (κ3) is 6.30. The zero-order valence-corrected chi connectivity index (χ0v) is 10.8. The molecular formula is C11H14ClF3N2O2. The van der Waals surface area contributed by atoms with E-state index in [0.717, 1.165) is 0 Å². The number of carbonyl (C=O) groups excluding carboxylic acids is 1. The molecule has 3 N–H and O–H groups in total. The molecule has 1 aromatic carbocycles. The number of alkyl halides is 3. The minimum absolute atomic E-state index is 0. The summed E-state index contributed by atoms with van der Waals surface area (Å²) in [6.45, 7) is 1.40. The molecule has 108 valence electrons. The fourth-order valence-electron chi connectivity index (χ4n) is 1.22. The lowest BCUT2D eigenvalue weighted by Crippen LogP contribution is -2.37. The van der Waals surface area contributed by atoms with Gasteiger partial charge in [0, 0.05) is 12.1 Å². The Bertz CT molecular complexity index is 425. The van der Waals surface area contributed by atoms with E-state index < -0.39 is 18.3 Å². The second kappa shape index (κ2) is 7.20. The third-order valence-corrected chi connectivity index (χ3v) is 2.06. The van der Waals surface area contributed by atoms with Gasteiger partial charge in [-0.25, -0.2) is 0 Å². The molecule has 0 radical (unpaired) electrons. The Kier molecular flexibility index (Phi) is 6.64. The minimum Gasteiger partial charge on any atom is -0.405 e. The fourth-order valence-corrected chi connectivity index (χ4v) is 1.22. The number of amides is 1. The van der Waals surface area contributed by atoms with Gasteiger partial charge in [0.15, 0.2) is 0 Å². The number of hydrogen-bond acceptors (Lipinski definition) is 3. The average Bonchev–Trinajstić information content (AvgIpc) is 2.25. The van der Waals surface area contributed by atoms with Crippen molar-refractivity contribution in [2.45, 2.75) is 25.9 Å². The van der Waals surface area contributed by atoms with E-state index in [0.29, 0.717) is 0 Å². The number of carbonyl (C=O) groups is 1. The van der Waals surface area contributed by atoms with Crippen molar-refractivity contribution < 1.29 is 22.7 Å². The van der Waals surface area contributed by atoms with Gasteiger partial charge in [0.1, 0.15) is 5.75 Å². The first-order chi connectivity index (χ1) is 8.29. The molecule has 1 amide bonds. The van der Waals surface area contributed by atoms with Gasteiger partial charge in [0.2, 0.25) is 5.91 Å². The molecular weight excluding hydrogens is 285 g/mol. The van der Waals surface area contributed by atoms with E-state index in [1.165, 1.54) is 25.1 Å². The van der Waals surface area contributed by atoms with Crippen LogP contribution in [0.4, 0.5) is 13.2 Å². The van der Waals surface area contributed by atoms with E-state index in [1.54, 1.807) is 6.07 Å². The van der Waals surface area contributed by atoms with Crippen LogP contribution in [0.15, 0.2) is 24.3 Å². The maximum absolute atomic E-state index is 12.1. The second-order valence-electron chi connectivity index (χ2n) is 3.66. The Labute approximate surface area is 114 Å². The van der Waals surface area contributed by atoms with Gasteiger partial charge in [-0.15, -0.1) is 25.6 Å². The zero-order chi connectivity index (χ0) is 13.8. The molecule has 0 saturated carbocycles. The molecule has 0 aromatic heterocycles. The largest absolute Gasteiger partial charge is 0.573 e. The first kappa shape index (κ1) is 17.5. The van der Waals surface area contributed by atoms with Crippen LogP contribution in [-0.2, 0) is 11.3 Å². The van der Waals surface area contributed by atoms with Crippen molar-refractivity contribution in [1.29, 1.82) is 0 Å². The van der Waals surface area contributed by atoms with Gasteiger partial charge in [0.05, 0.1) is 6.04 Å². The molecule has 1 aromatic rings. The molecule has 0 aliphatic heterocycles. The summed E-state index contributed by atoms with van der Waals surface area (Å²) < 4.78 is 40.2. The SMILES string of the molecule is CC(N)C(=O)NCc1ccccc1OC(F)(F)F.Cl. The predicted octanol–water partition coefficient (Wildman–Crippen LogP) is 1.97. The number of para-hydroxylation sites is 1. The van der Waals surface area contributed by atoms with Gasteiger partial charge in [0.25, 0.3) is 0 Å². The average molecular weight is 299 g/mol. The molecule has 4 nitrogen and oxygen atoms in total. The van der Waals surface area contributed by atoms with Crippen LogP contribution >= 0.6 is 12.4 Å². The van der Waals surface area contributed by atoms with Crippen LogP contribution in [0.3, 0.4) is 0 Å². The summed E-state index contributed by atoms with van der Waals surface area (Å²) in [5.41, 5.74) is 5.54. The first-order valence-corrected chi connectivity index (χ1v) is 5.16. The highest BCUT2D eigenvalue weighted by Gasteiger charge is 2.31. The lowest BCUT2D eigenvalue weighted by atomic mass is 10.2. The Morgan fingerprint density at radius 1 is 1.42 bits per heavy atom. The highest BCUT2D eigenvalue weighted by Crippen LogP contribution is 2.25. The van der Waals surface area contributed by atoms with Gasteiger partial charge < -0.3 is 15.8 Å². The van der Waals surface area contributed by atoms with E-state index in [4.69, 9.17) is 5.73 Å². The number of nitrogens with two attached hydrogens (primary N) is 1. The molecule has 0 fully saturated rings. The van der Waals surface area contributed by atoms with Gasteiger partial charge >= 0.3 is 6.36 Å². The summed E-state index contributed by atoms with van der Waals surface area (Å²) in [6, 6.07) is 4.86. The van der Waals surface area contributed by atoms with Crippen LogP contribution < -0.4 is 15.8 Å². The lowest BCUT2D eigenvalue weighted by Gasteiger charge is -2.14. The van der Waals surface area contributed by atoms with Gasteiger partial charge in [-0.1, -0.05) is 18.2 Å². The number of nitrogens with one attached hydrogen (secondary N) is 1. The monoisotopic (exact) mass is 298 g/mol. The molecule has 1 rings (SSSR count). The highest BCUT2D eigenvalue weighted by atomic mass is 35.5. The summed E-state index contributed by atoms with van der Waals surface area (Å²) in [4.78, 5) is 11.2. The van der Waals surface area contributed by atoms with Gasteiger partial charge in [-0.3, -0.25) is 4.79 Å². The van der Waals surface area contributed by atoms with E-state index in [1.807, 2.05) is 0 Å². The molecule has 8 heteroatoms. The maximum atomic E-state index is 12.1. The number of halogens is 4. The summed E-state index contributed by atoms with van der Waals surface area (Å²) in [7, 11) is 0. The molecule has 0 spiro atoms. The second-order valence-corrected chi connectivity index (χ2v) is 3.66. The summed E-state index contributed by atoms with van der Waals surface area (Å²) in [5.74, 6) is -0.785. The molecule has 0 heterocycles. The topological polar surface area (TPSA) is 64.4 Å². The van der Waals surface area contributed by atoms with Crippen LogP contribution in [0.2, 0.25) is 0 Å². The number of hydrogen-bond donors (Lipinski definition) is 2. The van der Waals surface area contributed by atoms with E-state index in [9.17, 15) is 18.0 Å². The van der Waals surface area contributed by atoms with Crippen molar-refractivity contribution in [3.05, 3.63) is 29.8 Å². The van der Waals surface area contributed by atoms with Crippen molar-refractivity contribution in [3.63, 3.8) is 0 Å². The van der Waals surface area contributed by atoms with Crippen molar-refractivity contribution in [3.8, 4) is 5.75 Å². The molecule has 19 heavy (non-hydrogen) atoms. The number of rotatable bonds is 4. The quantitative estimate of drug-likeness (QED) is 0.893. The standard InChI is InChI=1S/C11H13F3N2O2.ClH/c1-7(15)10(17)16-6-8-4-2-3-5-9(8)18-11(12,13)14;/h2-5,7H,6,15H2,1H3,(H,16,17);1H. The maximum Gasteiger partial charge on any atom is 0.573 e. The highest BCUT2D eigenvalue weighted by molar-refractivity contribution is 5.85. The summed E-state index contributed by atoms with van der Waals surface area (Å²) in [6.07, 6.45) is -4.76. The van der Waals surface area contributed by atoms with E-state index in [2.05, 4.69) is 10.1 Å². The summed E-state index contributed by atoms with van der Waals surface area (Å²) >= 11 is 0. The van der Waals surface area contributed by atoms with Gasteiger partial charge in [-0.2, -0.15) is 0 Å². The van der Waals surface area contributed by atoms with Crippen molar-refractivity contribution in [1.82, 2.24) is 5.32 Å². The van der Waals surface area contributed by atoms with Crippen molar-refractivity contribution in [2.75, 3.05) is 0 Å². The lowest BCUT2D eigenvalue weighted by molar-refractivity contribution is -0.274. The van der Waals surface area contributed by atoms with Crippen LogP contribution in [0.25, 0.3) is 0 Å². The molecule has 0 saturated heterocycles. The Morgan fingerprint density at radius 3 is 2.53 bits per heavy atom. The molecule has 1 atom stereocenters. The van der Waals surface area contributed by atoms with Crippen molar-refractivity contribution in [2.24, 2.45) is 5.73 Å². The Hall–Kier alpha value is -1.47. The fraction of sp³-hybridized carbons (Fsp3) is 0.364. The Morgan fingerprint density at radius 2 is 2.00 bits per heavy atom. The minimum atomic E-state index is -4.76. The smallest absolute Gasteiger partial charge is 0.405 e. The number of benzene rings is 1. The third-order valence-electron chi connectivity index (χ3n) is 2.06.